The summed E-state index contributed by atoms with van der Waals surface area (Å²) in [5.41, 5.74) is 2.17. The fourth-order valence-corrected chi connectivity index (χ4v) is 3.55. The second-order valence-electron chi connectivity index (χ2n) is 5.62. The quantitative estimate of drug-likeness (QED) is 0.803. The summed E-state index contributed by atoms with van der Waals surface area (Å²) in [6.07, 6.45) is 1.77. The maximum atomic E-state index is 12.3. The molecular formula is C18H21ClN2O3S. The normalized spacial score (nSPS) is 11.2. The van der Waals surface area contributed by atoms with E-state index >= 15 is 0 Å². The number of sulfonamides is 1. The van der Waals surface area contributed by atoms with Crippen molar-refractivity contribution in [3.63, 3.8) is 0 Å². The highest BCUT2D eigenvalue weighted by molar-refractivity contribution is 7.92. The lowest BCUT2D eigenvalue weighted by atomic mass is 10.1. The molecule has 0 bridgehead atoms. The Labute approximate surface area is 153 Å². The lowest BCUT2D eigenvalue weighted by Gasteiger charge is -2.24. The molecule has 0 heterocycles. The van der Waals surface area contributed by atoms with E-state index in [0.29, 0.717) is 17.1 Å². The Hall–Kier alpha value is -2.05. The third kappa shape index (κ3) is 5.21. The molecule has 0 atom stereocenters. The summed E-state index contributed by atoms with van der Waals surface area (Å²) in [6.45, 7) is 1.91. The zero-order valence-electron chi connectivity index (χ0n) is 14.2. The van der Waals surface area contributed by atoms with Crippen LogP contribution < -0.4 is 9.62 Å². The van der Waals surface area contributed by atoms with Crippen molar-refractivity contribution in [2.24, 2.45) is 0 Å². The number of nitrogens with zero attached hydrogens (tertiary/aromatic N) is 1. The van der Waals surface area contributed by atoms with Crippen molar-refractivity contribution in [3.05, 3.63) is 64.7 Å². The zero-order valence-corrected chi connectivity index (χ0v) is 15.8. The molecule has 25 heavy (non-hydrogen) atoms. The van der Waals surface area contributed by atoms with E-state index in [1.807, 2.05) is 31.2 Å². The number of anilines is 1. The fraction of sp³-hybridized carbons (Fsp3) is 0.278. The van der Waals surface area contributed by atoms with Gasteiger partial charge < -0.3 is 5.32 Å². The molecule has 0 aromatic heterocycles. The number of para-hydroxylation sites is 1. The third-order valence-corrected chi connectivity index (χ3v) is 5.26. The fourth-order valence-electron chi connectivity index (χ4n) is 2.46. The van der Waals surface area contributed by atoms with E-state index in [2.05, 4.69) is 5.32 Å². The number of nitrogens with one attached hydrogen (secondary N) is 1. The summed E-state index contributed by atoms with van der Waals surface area (Å²) in [4.78, 5) is 12.3. The van der Waals surface area contributed by atoms with Crippen LogP contribution in [-0.2, 0) is 27.8 Å². The van der Waals surface area contributed by atoms with Gasteiger partial charge in [-0.25, -0.2) is 8.42 Å². The van der Waals surface area contributed by atoms with Crippen molar-refractivity contribution < 1.29 is 13.2 Å². The van der Waals surface area contributed by atoms with Crippen molar-refractivity contribution in [1.29, 1.82) is 0 Å². The van der Waals surface area contributed by atoms with E-state index in [9.17, 15) is 13.2 Å². The van der Waals surface area contributed by atoms with Crippen LogP contribution in [0, 0.1) is 0 Å². The molecule has 0 aliphatic heterocycles. The Morgan fingerprint density at radius 2 is 1.68 bits per heavy atom. The summed E-state index contributed by atoms with van der Waals surface area (Å²) < 4.78 is 25.5. The van der Waals surface area contributed by atoms with Crippen molar-refractivity contribution in [1.82, 2.24) is 5.32 Å². The van der Waals surface area contributed by atoms with Gasteiger partial charge in [-0.2, -0.15) is 0 Å². The van der Waals surface area contributed by atoms with Crippen LogP contribution in [-0.4, -0.2) is 27.1 Å². The van der Waals surface area contributed by atoms with Gasteiger partial charge in [-0.15, -0.1) is 0 Å². The molecule has 5 nitrogen and oxygen atoms in total. The van der Waals surface area contributed by atoms with E-state index in [1.54, 1.807) is 24.3 Å². The van der Waals surface area contributed by atoms with Crippen molar-refractivity contribution in [2.75, 3.05) is 17.1 Å². The number of hydrogen-bond donors (Lipinski definition) is 1. The molecule has 0 unspecified atom stereocenters. The average Bonchev–Trinajstić information content (AvgIpc) is 2.58. The highest BCUT2D eigenvalue weighted by Crippen LogP contribution is 2.23. The largest absolute Gasteiger partial charge is 0.350 e. The molecule has 2 rings (SSSR count). The molecule has 0 aliphatic carbocycles. The molecule has 2 aromatic carbocycles. The van der Waals surface area contributed by atoms with Gasteiger partial charge in [-0.1, -0.05) is 54.9 Å². The maximum Gasteiger partial charge on any atom is 0.241 e. The summed E-state index contributed by atoms with van der Waals surface area (Å²) in [5.74, 6) is -0.392. The SMILES string of the molecule is CCc1ccccc1N(CC(=O)NCc1ccccc1Cl)S(C)(=O)=O. The second-order valence-corrected chi connectivity index (χ2v) is 7.93. The number of amides is 1. The van der Waals surface area contributed by atoms with Gasteiger partial charge in [0.15, 0.2) is 0 Å². The molecular weight excluding hydrogens is 360 g/mol. The number of hydrogen-bond acceptors (Lipinski definition) is 3. The van der Waals surface area contributed by atoms with E-state index in [4.69, 9.17) is 11.6 Å². The van der Waals surface area contributed by atoms with Crippen LogP contribution in [0.25, 0.3) is 0 Å². The average molecular weight is 381 g/mol. The predicted molar refractivity (Wildman–Crippen MR) is 101 cm³/mol. The van der Waals surface area contributed by atoms with Gasteiger partial charge in [0, 0.05) is 11.6 Å². The minimum atomic E-state index is -3.59. The molecule has 1 amide bonds. The summed E-state index contributed by atoms with van der Waals surface area (Å²) >= 11 is 6.06. The van der Waals surface area contributed by atoms with Crippen LogP contribution in [0.2, 0.25) is 5.02 Å². The van der Waals surface area contributed by atoms with Gasteiger partial charge in [-0.3, -0.25) is 9.10 Å². The smallest absolute Gasteiger partial charge is 0.241 e. The van der Waals surface area contributed by atoms with Crippen LogP contribution in [0.3, 0.4) is 0 Å². The van der Waals surface area contributed by atoms with E-state index < -0.39 is 15.9 Å². The summed E-state index contributed by atoms with van der Waals surface area (Å²) in [6, 6.07) is 14.4. The molecule has 0 fully saturated rings. The first kappa shape index (κ1) is 19.3. The summed E-state index contributed by atoms with van der Waals surface area (Å²) in [7, 11) is -3.59. The number of benzene rings is 2. The first-order chi connectivity index (χ1) is 11.8. The third-order valence-electron chi connectivity index (χ3n) is 3.76. The van der Waals surface area contributed by atoms with E-state index in [1.165, 1.54) is 0 Å². The van der Waals surface area contributed by atoms with Gasteiger partial charge in [0.25, 0.3) is 0 Å². The van der Waals surface area contributed by atoms with Crippen LogP contribution in [0.4, 0.5) is 5.69 Å². The lowest BCUT2D eigenvalue weighted by Crippen LogP contribution is -2.40. The molecule has 0 spiro atoms. The molecule has 134 valence electrons. The number of carbonyl (C=O) groups excluding carboxylic acids is 1. The van der Waals surface area contributed by atoms with Gasteiger partial charge in [0.1, 0.15) is 6.54 Å². The first-order valence-electron chi connectivity index (χ1n) is 7.88. The molecule has 0 aliphatic rings. The summed E-state index contributed by atoms with van der Waals surface area (Å²) in [5, 5.41) is 3.27. The molecule has 1 N–H and O–H groups in total. The van der Waals surface area contributed by atoms with Crippen LogP contribution in [0.1, 0.15) is 18.1 Å². The Kier molecular flexibility index (Phi) is 6.45. The van der Waals surface area contributed by atoms with Gasteiger partial charge >= 0.3 is 0 Å². The Morgan fingerprint density at radius 1 is 1.08 bits per heavy atom. The molecule has 0 saturated heterocycles. The molecule has 0 radical (unpaired) electrons. The van der Waals surface area contributed by atoms with Gasteiger partial charge in [-0.05, 0) is 29.7 Å². The highest BCUT2D eigenvalue weighted by Gasteiger charge is 2.22. The Morgan fingerprint density at radius 3 is 2.28 bits per heavy atom. The molecule has 0 saturated carbocycles. The van der Waals surface area contributed by atoms with Crippen molar-refractivity contribution in [2.45, 2.75) is 19.9 Å². The number of aryl methyl sites for hydroxylation is 1. The monoisotopic (exact) mass is 380 g/mol. The highest BCUT2D eigenvalue weighted by atomic mass is 35.5. The van der Waals surface area contributed by atoms with E-state index in [0.717, 1.165) is 21.7 Å². The molecule has 2 aromatic rings. The van der Waals surface area contributed by atoms with Crippen LogP contribution in [0.15, 0.2) is 48.5 Å². The van der Waals surface area contributed by atoms with E-state index in [-0.39, 0.29) is 13.1 Å². The second kappa shape index (κ2) is 8.36. The van der Waals surface area contributed by atoms with Crippen molar-refractivity contribution in [3.8, 4) is 0 Å². The maximum absolute atomic E-state index is 12.3. The zero-order chi connectivity index (χ0) is 18.4. The minimum absolute atomic E-state index is 0.242. The van der Waals surface area contributed by atoms with Gasteiger partial charge in [0.2, 0.25) is 15.9 Å². The van der Waals surface area contributed by atoms with Crippen LogP contribution >= 0.6 is 11.6 Å². The van der Waals surface area contributed by atoms with Crippen LogP contribution in [0.5, 0.6) is 0 Å². The first-order valence-corrected chi connectivity index (χ1v) is 10.1. The minimum Gasteiger partial charge on any atom is -0.350 e. The standard InChI is InChI=1S/C18H21ClN2O3S/c1-3-14-8-5-7-11-17(14)21(25(2,23)24)13-18(22)20-12-15-9-4-6-10-16(15)19/h4-11H,3,12-13H2,1-2H3,(H,20,22). The lowest BCUT2D eigenvalue weighted by molar-refractivity contribution is -0.119. The number of rotatable bonds is 7. The Bertz CT molecular complexity index is 853. The number of carbonyl (C=O) groups is 1. The predicted octanol–water partition coefficient (Wildman–Crippen LogP) is 2.98. The van der Waals surface area contributed by atoms with Gasteiger partial charge in [0.05, 0.1) is 11.9 Å². The number of halogens is 1. The molecule has 7 heteroatoms. The van der Waals surface area contributed by atoms with Crippen molar-refractivity contribution >= 4 is 33.2 Å². The topological polar surface area (TPSA) is 66.5 Å². The Balaban J connectivity index is 2.15.